The highest BCUT2D eigenvalue weighted by atomic mass is 35.5. The Bertz CT molecular complexity index is 331. The second-order valence-corrected chi connectivity index (χ2v) is 4.31. The van der Waals surface area contributed by atoms with Crippen molar-refractivity contribution in [2.45, 2.75) is 32.4 Å². The fraction of sp³-hybridized carbons (Fsp3) is 0.500. The van der Waals surface area contributed by atoms with E-state index < -0.39 is 0 Å². The lowest BCUT2D eigenvalue weighted by Crippen LogP contribution is -2.16. The Morgan fingerprint density at radius 3 is 2.88 bits per heavy atom. The summed E-state index contributed by atoms with van der Waals surface area (Å²) >= 11 is 5.87. The van der Waals surface area contributed by atoms with Crippen molar-refractivity contribution in [1.82, 2.24) is 5.32 Å². The van der Waals surface area contributed by atoms with E-state index in [1.54, 1.807) is 13.0 Å². The van der Waals surface area contributed by atoms with E-state index in [1.165, 1.54) is 12.1 Å². The largest absolute Gasteiger partial charge is 0.393 e. The van der Waals surface area contributed by atoms with Crippen molar-refractivity contribution < 1.29 is 9.50 Å². The Hall–Kier alpha value is -0.640. The molecular formula is C12H17ClFNO. The van der Waals surface area contributed by atoms with E-state index in [1.807, 2.05) is 0 Å². The summed E-state index contributed by atoms with van der Waals surface area (Å²) in [7, 11) is 0. The maximum Gasteiger partial charge on any atom is 0.124 e. The van der Waals surface area contributed by atoms with Crippen LogP contribution in [0.25, 0.3) is 0 Å². The highest BCUT2D eigenvalue weighted by molar-refractivity contribution is 6.31. The first kappa shape index (κ1) is 13.4. The molecular weight excluding hydrogens is 229 g/mol. The molecule has 1 aromatic rings. The Morgan fingerprint density at radius 1 is 1.50 bits per heavy atom. The van der Waals surface area contributed by atoms with Gasteiger partial charge in [-0.15, -0.1) is 0 Å². The average molecular weight is 246 g/mol. The zero-order chi connectivity index (χ0) is 12.0. The van der Waals surface area contributed by atoms with Crippen molar-refractivity contribution in [1.29, 1.82) is 0 Å². The molecule has 0 fully saturated rings. The SMILES string of the molecule is CC(O)CCCNCc1ccc(F)cc1Cl. The summed E-state index contributed by atoms with van der Waals surface area (Å²) in [4.78, 5) is 0. The molecule has 1 aromatic carbocycles. The molecule has 2 N–H and O–H groups in total. The molecule has 1 rings (SSSR count). The third kappa shape index (κ3) is 4.92. The van der Waals surface area contributed by atoms with Crippen LogP contribution in [0.4, 0.5) is 4.39 Å². The number of hydrogen-bond donors (Lipinski definition) is 2. The second kappa shape index (κ2) is 6.84. The van der Waals surface area contributed by atoms with E-state index in [-0.39, 0.29) is 11.9 Å². The van der Waals surface area contributed by atoms with Crippen LogP contribution in [0.5, 0.6) is 0 Å². The van der Waals surface area contributed by atoms with Gasteiger partial charge in [-0.05, 0) is 44.0 Å². The van der Waals surface area contributed by atoms with Gasteiger partial charge < -0.3 is 10.4 Å². The predicted octanol–water partition coefficient (Wildman–Crippen LogP) is 2.73. The Kier molecular flexibility index (Phi) is 5.74. The van der Waals surface area contributed by atoms with E-state index >= 15 is 0 Å². The Morgan fingerprint density at radius 2 is 2.25 bits per heavy atom. The van der Waals surface area contributed by atoms with Gasteiger partial charge in [-0.1, -0.05) is 17.7 Å². The van der Waals surface area contributed by atoms with Crippen LogP contribution < -0.4 is 5.32 Å². The first-order valence-corrected chi connectivity index (χ1v) is 5.80. The lowest BCUT2D eigenvalue weighted by Gasteiger charge is -2.07. The van der Waals surface area contributed by atoms with Crippen LogP contribution in [0.2, 0.25) is 5.02 Å². The molecule has 0 bridgehead atoms. The number of aliphatic hydroxyl groups is 1. The van der Waals surface area contributed by atoms with Crippen LogP contribution in [0.15, 0.2) is 18.2 Å². The molecule has 4 heteroatoms. The number of benzene rings is 1. The topological polar surface area (TPSA) is 32.3 Å². The molecule has 1 unspecified atom stereocenters. The van der Waals surface area contributed by atoms with Crippen LogP contribution >= 0.6 is 11.6 Å². The molecule has 0 saturated heterocycles. The molecule has 0 aliphatic rings. The smallest absolute Gasteiger partial charge is 0.124 e. The molecule has 2 nitrogen and oxygen atoms in total. The highest BCUT2D eigenvalue weighted by Crippen LogP contribution is 2.16. The average Bonchev–Trinajstić information content (AvgIpc) is 2.20. The van der Waals surface area contributed by atoms with Crippen LogP contribution in [0, 0.1) is 5.82 Å². The minimum Gasteiger partial charge on any atom is -0.393 e. The van der Waals surface area contributed by atoms with E-state index in [0.29, 0.717) is 11.6 Å². The summed E-state index contributed by atoms with van der Waals surface area (Å²) in [6.45, 7) is 3.22. The predicted molar refractivity (Wildman–Crippen MR) is 64.0 cm³/mol. The van der Waals surface area contributed by atoms with Gasteiger partial charge in [0.05, 0.1) is 6.10 Å². The van der Waals surface area contributed by atoms with Gasteiger partial charge in [0, 0.05) is 11.6 Å². The minimum absolute atomic E-state index is 0.254. The third-order valence-corrected chi connectivity index (χ3v) is 2.66. The van der Waals surface area contributed by atoms with Crippen molar-refractivity contribution in [2.24, 2.45) is 0 Å². The molecule has 0 amide bonds. The molecule has 0 aliphatic carbocycles. The summed E-state index contributed by atoms with van der Waals surface area (Å²) in [6, 6.07) is 4.40. The van der Waals surface area contributed by atoms with Crippen molar-refractivity contribution in [3.63, 3.8) is 0 Å². The van der Waals surface area contributed by atoms with Gasteiger partial charge in [-0.3, -0.25) is 0 Å². The number of rotatable bonds is 6. The van der Waals surface area contributed by atoms with Crippen molar-refractivity contribution in [2.75, 3.05) is 6.54 Å². The highest BCUT2D eigenvalue weighted by Gasteiger charge is 2.01. The molecule has 0 saturated carbocycles. The van der Waals surface area contributed by atoms with Gasteiger partial charge >= 0.3 is 0 Å². The molecule has 0 heterocycles. The standard InChI is InChI=1S/C12H17ClFNO/c1-9(16)3-2-6-15-8-10-4-5-11(14)7-12(10)13/h4-5,7,9,15-16H,2-3,6,8H2,1H3. The maximum atomic E-state index is 12.7. The van der Waals surface area contributed by atoms with Crippen molar-refractivity contribution in [3.05, 3.63) is 34.6 Å². The fourth-order valence-corrected chi connectivity index (χ4v) is 1.64. The lowest BCUT2D eigenvalue weighted by molar-refractivity contribution is 0.181. The van der Waals surface area contributed by atoms with Crippen LogP contribution in [0.3, 0.4) is 0 Å². The molecule has 0 radical (unpaired) electrons. The van der Waals surface area contributed by atoms with Crippen molar-refractivity contribution >= 4 is 11.6 Å². The lowest BCUT2D eigenvalue weighted by atomic mass is 10.2. The number of nitrogens with one attached hydrogen (secondary N) is 1. The van der Waals surface area contributed by atoms with Gasteiger partial charge in [0.25, 0.3) is 0 Å². The zero-order valence-corrected chi connectivity index (χ0v) is 10.1. The zero-order valence-electron chi connectivity index (χ0n) is 9.34. The quantitative estimate of drug-likeness (QED) is 0.756. The van der Waals surface area contributed by atoms with Gasteiger partial charge in [0.2, 0.25) is 0 Å². The maximum absolute atomic E-state index is 12.7. The second-order valence-electron chi connectivity index (χ2n) is 3.90. The molecule has 90 valence electrons. The van der Waals surface area contributed by atoms with Gasteiger partial charge in [-0.2, -0.15) is 0 Å². The van der Waals surface area contributed by atoms with Gasteiger partial charge in [0.1, 0.15) is 5.82 Å². The van der Waals surface area contributed by atoms with E-state index in [9.17, 15) is 4.39 Å². The molecule has 0 spiro atoms. The van der Waals surface area contributed by atoms with E-state index in [2.05, 4.69) is 5.32 Å². The molecule has 0 aromatic heterocycles. The normalized spacial score (nSPS) is 12.8. The van der Waals surface area contributed by atoms with Crippen LogP contribution in [0.1, 0.15) is 25.3 Å². The summed E-state index contributed by atoms with van der Waals surface area (Å²) in [6.07, 6.45) is 1.44. The third-order valence-electron chi connectivity index (χ3n) is 2.31. The summed E-state index contributed by atoms with van der Waals surface area (Å²) in [5, 5.41) is 12.7. The molecule has 16 heavy (non-hydrogen) atoms. The summed E-state index contributed by atoms with van der Waals surface area (Å²) in [5.74, 6) is -0.317. The minimum atomic E-state index is -0.317. The number of aliphatic hydroxyl groups excluding tert-OH is 1. The fourth-order valence-electron chi connectivity index (χ4n) is 1.41. The monoisotopic (exact) mass is 245 g/mol. The Balaban J connectivity index is 2.27. The summed E-state index contributed by atoms with van der Waals surface area (Å²) < 4.78 is 12.7. The first-order chi connectivity index (χ1) is 7.59. The number of hydrogen-bond acceptors (Lipinski definition) is 2. The molecule has 0 aliphatic heterocycles. The number of halogens is 2. The van der Waals surface area contributed by atoms with Crippen LogP contribution in [-0.2, 0) is 6.54 Å². The first-order valence-electron chi connectivity index (χ1n) is 5.42. The Labute approximate surface area is 100 Å². The van der Waals surface area contributed by atoms with Crippen LogP contribution in [-0.4, -0.2) is 17.8 Å². The van der Waals surface area contributed by atoms with Gasteiger partial charge in [0.15, 0.2) is 0 Å². The van der Waals surface area contributed by atoms with Gasteiger partial charge in [-0.25, -0.2) is 4.39 Å². The molecule has 1 atom stereocenters. The van der Waals surface area contributed by atoms with E-state index in [4.69, 9.17) is 16.7 Å². The van der Waals surface area contributed by atoms with E-state index in [0.717, 1.165) is 24.9 Å². The van der Waals surface area contributed by atoms with Crippen molar-refractivity contribution in [3.8, 4) is 0 Å². The summed E-state index contributed by atoms with van der Waals surface area (Å²) in [5.41, 5.74) is 0.889.